The molecule has 0 saturated carbocycles. The van der Waals surface area contributed by atoms with Gasteiger partial charge in [-0.2, -0.15) is 0 Å². The lowest BCUT2D eigenvalue weighted by molar-refractivity contribution is 0.0972. The van der Waals surface area contributed by atoms with E-state index < -0.39 is 0 Å². The smallest absolute Gasteiger partial charge is 0.164 e. The molecule has 0 unspecified atom stereocenters. The molecule has 0 aliphatic heterocycles. The molecule has 0 N–H and O–H groups in total. The number of fused-ring (bicyclic) bond motifs is 1. The molecule has 88 valence electrons. The summed E-state index contributed by atoms with van der Waals surface area (Å²) in [6.45, 7) is 0.742. The first-order valence-electron chi connectivity index (χ1n) is 5.93. The summed E-state index contributed by atoms with van der Waals surface area (Å²) in [5, 5.41) is 0. The van der Waals surface area contributed by atoms with E-state index in [0.717, 1.165) is 30.8 Å². The summed E-state index contributed by atoms with van der Waals surface area (Å²) < 4.78 is 4.16. The second-order valence-corrected chi connectivity index (χ2v) is 4.54. The van der Waals surface area contributed by atoms with Gasteiger partial charge in [0.1, 0.15) is 5.82 Å². The molecule has 1 aliphatic rings. The summed E-state index contributed by atoms with van der Waals surface area (Å²) >= 11 is 0. The van der Waals surface area contributed by atoms with Crippen LogP contribution in [-0.4, -0.2) is 19.9 Å². The number of Topliss-reactive ketones (excluding diaryl/α,β-unsaturated/α-hetero) is 1. The lowest BCUT2D eigenvalue weighted by Crippen LogP contribution is -2.14. The number of hydrogen-bond donors (Lipinski definition) is 0. The SMILES string of the molecule is Cn1ccnc1Cn1ccc2c1CCCC2=O. The van der Waals surface area contributed by atoms with Gasteiger partial charge in [0.15, 0.2) is 5.78 Å². The first-order valence-corrected chi connectivity index (χ1v) is 5.93. The molecule has 0 bridgehead atoms. The normalized spacial score (nSPS) is 15.0. The van der Waals surface area contributed by atoms with Crippen molar-refractivity contribution in [2.45, 2.75) is 25.8 Å². The average molecular weight is 229 g/mol. The Morgan fingerprint density at radius 2 is 2.24 bits per heavy atom. The van der Waals surface area contributed by atoms with Crippen LogP contribution in [-0.2, 0) is 20.0 Å². The van der Waals surface area contributed by atoms with Crippen molar-refractivity contribution in [2.24, 2.45) is 7.05 Å². The van der Waals surface area contributed by atoms with Gasteiger partial charge < -0.3 is 9.13 Å². The highest BCUT2D eigenvalue weighted by atomic mass is 16.1. The lowest BCUT2D eigenvalue weighted by atomic mass is 9.97. The Hall–Kier alpha value is -1.84. The Labute approximate surface area is 99.9 Å². The van der Waals surface area contributed by atoms with Crippen LogP contribution in [0.5, 0.6) is 0 Å². The fourth-order valence-electron chi connectivity index (χ4n) is 2.44. The zero-order valence-electron chi connectivity index (χ0n) is 9.89. The molecule has 2 heterocycles. The van der Waals surface area contributed by atoms with Crippen molar-refractivity contribution in [3.05, 3.63) is 41.7 Å². The van der Waals surface area contributed by atoms with Gasteiger partial charge in [0.05, 0.1) is 6.54 Å². The highest BCUT2D eigenvalue weighted by Crippen LogP contribution is 2.22. The average Bonchev–Trinajstić information content (AvgIpc) is 2.89. The van der Waals surface area contributed by atoms with Crippen LogP contribution in [0.3, 0.4) is 0 Å². The highest BCUT2D eigenvalue weighted by Gasteiger charge is 2.20. The van der Waals surface area contributed by atoms with Crippen LogP contribution in [0, 0.1) is 0 Å². The molecule has 17 heavy (non-hydrogen) atoms. The maximum atomic E-state index is 11.7. The van der Waals surface area contributed by atoms with E-state index >= 15 is 0 Å². The van der Waals surface area contributed by atoms with Crippen molar-refractivity contribution in [3.8, 4) is 0 Å². The van der Waals surface area contributed by atoms with Gasteiger partial charge in [0.2, 0.25) is 0 Å². The standard InChI is InChI=1S/C13H15N3O/c1-15-8-6-14-13(15)9-16-7-5-10-11(16)3-2-4-12(10)17/h5-8H,2-4,9H2,1H3. The van der Waals surface area contributed by atoms with Crippen molar-refractivity contribution in [1.29, 1.82) is 0 Å². The number of nitrogens with zero attached hydrogens (tertiary/aromatic N) is 3. The third-order valence-electron chi connectivity index (χ3n) is 3.43. The molecular weight excluding hydrogens is 214 g/mol. The molecule has 1 aliphatic carbocycles. The largest absolute Gasteiger partial charge is 0.343 e. The molecule has 0 aromatic carbocycles. The molecule has 0 radical (unpaired) electrons. The Morgan fingerprint density at radius 1 is 1.35 bits per heavy atom. The predicted octanol–water partition coefficient (Wildman–Crippen LogP) is 1.79. The molecule has 2 aromatic heterocycles. The first kappa shape index (κ1) is 10.3. The van der Waals surface area contributed by atoms with Crippen molar-refractivity contribution in [2.75, 3.05) is 0 Å². The molecule has 2 aromatic rings. The molecule has 0 amide bonds. The van der Waals surface area contributed by atoms with Crippen LogP contribution < -0.4 is 0 Å². The molecule has 0 spiro atoms. The van der Waals surface area contributed by atoms with Gasteiger partial charge >= 0.3 is 0 Å². The van der Waals surface area contributed by atoms with Gasteiger partial charge in [-0.3, -0.25) is 4.79 Å². The number of carbonyl (C=O) groups excluding carboxylic acids is 1. The van der Waals surface area contributed by atoms with E-state index in [4.69, 9.17) is 0 Å². The van der Waals surface area contributed by atoms with E-state index in [-0.39, 0.29) is 5.78 Å². The number of ketones is 1. The van der Waals surface area contributed by atoms with Gasteiger partial charge in [-0.25, -0.2) is 4.98 Å². The lowest BCUT2D eigenvalue weighted by Gasteiger charge is -2.14. The minimum atomic E-state index is 0.282. The number of carbonyl (C=O) groups is 1. The van der Waals surface area contributed by atoms with E-state index in [1.54, 1.807) is 6.20 Å². The number of rotatable bonds is 2. The van der Waals surface area contributed by atoms with Crippen LogP contribution in [0.4, 0.5) is 0 Å². The Balaban J connectivity index is 1.95. The molecule has 0 atom stereocenters. The first-order chi connectivity index (χ1) is 8.25. The second kappa shape index (κ2) is 3.87. The van der Waals surface area contributed by atoms with Gasteiger partial charge in [-0.15, -0.1) is 0 Å². The van der Waals surface area contributed by atoms with Gasteiger partial charge in [-0.1, -0.05) is 0 Å². The van der Waals surface area contributed by atoms with E-state index in [1.807, 2.05) is 30.1 Å². The molecule has 4 nitrogen and oxygen atoms in total. The number of aryl methyl sites for hydroxylation is 1. The topological polar surface area (TPSA) is 39.8 Å². The van der Waals surface area contributed by atoms with Gasteiger partial charge in [-0.05, 0) is 18.9 Å². The van der Waals surface area contributed by atoms with Crippen molar-refractivity contribution in [1.82, 2.24) is 14.1 Å². The highest BCUT2D eigenvalue weighted by molar-refractivity contribution is 5.98. The van der Waals surface area contributed by atoms with Gasteiger partial charge in [0, 0.05) is 43.3 Å². The Morgan fingerprint density at radius 3 is 3.00 bits per heavy atom. The summed E-state index contributed by atoms with van der Waals surface area (Å²) in [5.74, 6) is 1.30. The zero-order valence-corrected chi connectivity index (χ0v) is 9.89. The van der Waals surface area contributed by atoms with Crippen molar-refractivity contribution in [3.63, 3.8) is 0 Å². The molecule has 3 rings (SSSR count). The maximum absolute atomic E-state index is 11.7. The van der Waals surface area contributed by atoms with Gasteiger partial charge in [0.25, 0.3) is 0 Å². The second-order valence-electron chi connectivity index (χ2n) is 4.54. The molecule has 0 fully saturated rings. The van der Waals surface area contributed by atoms with Crippen LogP contribution in [0.15, 0.2) is 24.7 Å². The van der Waals surface area contributed by atoms with E-state index in [2.05, 4.69) is 9.55 Å². The Bertz CT molecular complexity index is 565. The minimum Gasteiger partial charge on any atom is -0.343 e. The molecule has 4 heteroatoms. The number of hydrogen-bond acceptors (Lipinski definition) is 2. The summed E-state index contributed by atoms with van der Waals surface area (Å²) in [5.41, 5.74) is 2.08. The minimum absolute atomic E-state index is 0.282. The molecule has 0 saturated heterocycles. The van der Waals surface area contributed by atoms with E-state index in [9.17, 15) is 4.79 Å². The summed E-state index contributed by atoms with van der Waals surface area (Å²) in [6.07, 6.45) is 8.41. The van der Waals surface area contributed by atoms with E-state index in [0.29, 0.717) is 6.42 Å². The monoisotopic (exact) mass is 229 g/mol. The molecular formula is C13H15N3O. The van der Waals surface area contributed by atoms with Crippen molar-refractivity contribution >= 4 is 5.78 Å². The van der Waals surface area contributed by atoms with Crippen LogP contribution in [0.2, 0.25) is 0 Å². The summed E-state index contributed by atoms with van der Waals surface area (Å²) in [7, 11) is 1.99. The summed E-state index contributed by atoms with van der Waals surface area (Å²) in [4.78, 5) is 16.0. The van der Waals surface area contributed by atoms with Crippen LogP contribution in [0.1, 0.15) is 34.7 Å². The zero-order chi connectivity index (χ0) is 11.8. The van der Waals surface area contributed by atoms with E-state index in [1.165, 1.54) is 5.69 Å². The van der Waals surface area contributed by atoms with Crippen LogP contribution >= 0.6 is 0 Å². The predicted molar refractivity (Wildman–Crippen MR) is 64.0 cm³/mol. The third kappa shape index (κ3) is 1.69. The Kier molecular flexibility index (Phi) is 2.35. The van der Waals surface area contributed by atoms with Crippen molar-refractivity contribution < 1.29 is 4.79 Å². The number of imidazole rings is 1. The fourth-order valence-corrected chi connectivity index (χ4v) is 2.44. The third-order valence-corrected chi connectivity index (χ3v) is 3.43. The quantitative estimate of drug-likeness (QED) is 0.787. The summed E-state index contributed by atoms with van der Waals surface area (Å²) in [6, 6.07) is 1.94. The van der Waals surface area contributed by atoms with Crippen LogP contribution in [0.25, 0.3) is 0 Å². The number of aromatic nitrogens is 3. The maximum Gasteiger partial charge on any atom is 0.164 e. The fraction of sp³-hybridized carbons (Fsp3) is 0.385.